The molecule has 9 nitrogen and oxygen atoms in total. The van der Waals surface area contributed by atoms with Gasteiger partial charge in [-0.3, -0.25) is 0 Å². The Morgan fingerprint density at radius 1 is 1.10 bits per heavy atom. The Bertz CT molecular complexity index is 1080. The molecule has 4 rings (SSSR count). The quantitative estimate of drug-likeness (QED) is 0.413. The number of benzene rings is 2. The van der Waals surface area contributed by atoms with Crippen LogP contribution in [0.5, 0.6) is 0 Å². The molecule has 9 heteroatoms. The first kappa shape index (κ1) is 19.4. The molecule has 152 valence electrons. The Balaban J connectivity index is 1.42. The molecular weight excluding hydrogens is 384 g/mol. The van der Waals surface area contributed by atoms with Crippen LogP contribution in [0.15, 0.2) is 65.4 Å². The molecule has 2 heterocycles. The van der Waals surface area contributed by atoms with Gasteiger partial charge in [0.1, 0.15) is 6.33 Å². The van der Waals surface area contributed by atoms with E-state index in [4.69, 9.17) is 9.26 Å². The largest absolute Gasteiger partial charge is 0.454 e. The summed E-state index contributed by atoms with van der Waals surface area (Å²) in [6, 6.07) is 16.8. The third-order valence-corrected chi connectivity index (χ3v) is 4.65. The van der Waals surface area contributed by atoms with Crippen LogP contribution in [0.4, 0.5) is 0 Å². The first-order chi connectivity index (χ1) is 14.7. The average Bonchev–Trinajstić information content (AvgIpc) is 3.49. The van der Waals surface area contributed by atoms with Gasteiger partial charge in [0.15, 0.2) is 12.6 Å². The van der Waals surface area contributed by atoms with Crippen molar-refractivity contribution < 1.29 is 14.1 Å². The molecule has 0 aliphatic heterocycles. The number of esters is 1. The van der Waals surface area contributed by atoms with E-state index in [0.717, 1.165) is 17.5 Å². The van der Waals surface area contributed by atoms with E-state index in [1.54, 1.807) is 0 Å². The first-order valence-corrected chi connectivity index (χ1v) is 9.58. The lowest BCUT2D eigenvalue weighted by Crippen LogP contribution is -2.24. The van der Waals surface area contributed by atoms with Crippen LogP contribution in [0.2, 0.25) is 0 Å². The Morgan fingerprint density at radius 3 is 2.60 bits per heavy atom. The third-order valence-electron chi connectivity index (χ3n) is 4.65. The van der Waals surface area contributed by atoms with Crippen LogP contribution < -0.4 is 0 Å². The Labute approximate surface area is 172 Å². The maximum Gasteiger partial charge on any atom is 0.331 e. The lowest BCUT2D eigenvalue weighted by molar-refractivity contribution is -0.150. The highest BCUT2D eigenvalue weighted by Gasteiger charge is 2.25. The van der Waals surface area contributed by atoms with Gasteiger partial charge in [-0.05, 0) is 28.0 Å². The monoisotopic (exact) mass is 404 g/mol. The van der Waals surface area contributed by atoms with E-state index in [1.807, 2.05) is 54.6 Å². The highest BCUT2D eigenvalue weighted by atomic mass is 16.6. The van der Waals surface area contributed by atoms with E-state index in [0.29, 0.717) is 12.2 Å². The molecule has 0 aliphatic rings. The van der Waals surface area contributed by atoms with Gasteiger partial charge in [-0.2, -0.15) is 4.98 Å². The molecule has 0 radical (unpaired) electrons. The fourth-order valence-corrected chi connectivity index (χ4v) is 2.98. The molecular formula is C21H20N6O3. The number of hydrogen-bond acceptors (Lipinski definition) is 8. The van der Waals surface area contributed by atoms with Crippen molar-refractivity contribution in [3.63, 3.8) is 0 Å². The van der Waals surface area contributed by atoms with Crippen molar-refractivity contribution in [2.45, 2.75) is 32.4 Å². The minimum absolute atomic E-state index is 0.133. The first-order valence-electron chi connectivity index (χ1n) is 9.58. The molecule has 30 heavy (non-hydrogen) atoms. The molecule has 0 spiro atoms. The second-order valence-corrected chi connectivity index (χ2v) is 6.67. The van der Waals surface area contributed by atoms with Gasteiger partial charge in [0, 0.05) is 12.0 Å². The maximum atomic E-state index is 12.7. The van der Waals surface area contributed by atoms with Crippen molar-refractivity contribution in [3.05, 3.63) is 77.9 Å². The van der Waals surface area contributed by atoms with E-state index in [1.165, 1.54) is 16.6 Å². The van der Waals surface area contributed by atoms with Crippen molar-refractivity contribution in [3.8, 4) is 11.4 Å². The van der Waals surface area contributed by atoms with Crippen LogP contribution in [0.1, 0.15) is 30.0 Å². The van der Waals surface area contributed by atoms with Crippen LogP contribution in [0.3, 0.4) is 0 Å². The maximum absolute atomic E-state index is 12.7. The molecule has 0 saturated heterocycles. The van der Waals surface area contributed by atoms with Gasteiger partial charge in [-0.25, -0.2) is 9.48 Å². The van der Waals surface area contributed by atoms with Crippen LogP contribution in [-0.2, 0) is 29.0 Å². The minimum Gasteiger partial charge on any atom is -0.454 e. The molecule has 2 aromatic heterocycles. The van der Waals surface area contributed by atoms with Crippen LogP contribution in [-0.4, -0.2) is 36.3 Å². The second kappa shape index (κ2) is 9.08. The summed E-state index contributed by atoms with van der Waals surface area (Å²) in [5, 5.41) is 15.1. The Hall–Kier alpha value is -3.88. The topological polar surface area (TPSA) is 109 Å². The fraction of sp³-hybridized carbons (Fsp3) is 0.238. The average molecular weight is 404 g/mol. The number of hydrogen-bond donors (Lipinski definition) is 0. The molecule has 0 fully saturated rings. The highest BCUT2D eigenvalue weighted by molar-refractivity contribution is 5.74. The zero-order chi connectivity index (χ0) is 20.8. The van der Waals surface area contributed by atoms with Crippen molar-refractivity contribution in [2.24, 2.45) is 0 Å². The number of ether oxygens (including phenoxy) is 1. The lowest BCUT2D eigenvalue weighted by Gasteiger charge is -2.14. The summed E-state index contributed by atoms with van der Waals surface area (Å²) in [5.74, 6) is 0.177. The highest BCUT2D eigenvalue weighted by Crippen LogP contribution is 2.19. The molecule has 0 amide bonds. The molecule has 0 N–H and O–H groups in total. The lowest BCUT2D eigenvalue weighted by atomic mass is 10.1. The fourth-order valence-electron chi connectivity index (χ4n) is 2.98. The molecule has 0 aliphatic carbocycles. The molecule has 0 bridgehead atoms. The third kappa shape index (κ3) is 4.57. The summed E-state index contributed by atoms with van der Waals surface area (Å²) < 4.78 is 12.0. The smallest absolute Gasteiger partial charge is 0.331 e. The predicted octanol–water partition coefficient (Wildman–Crippen LogP) is 2.81. The molecule has 0 saturated carbocycles. The van der Waals surface area contributed by atoms with Crippen molar-refractivity contribution in [2.75, 3.05) is 0 Å². The van der Waals surface area contributed by atoms with Gasteiger partial charge in [-0.1, -0.05) is 66.7 Å². The number of carbonyl (C=O) groups is 1. The summed E-state index contributed by atoms with van der Waals surface area (Å²) in [7, 11) is 0. The number of aryl methyl sites for hydroxylation is 1. The van der Waals surface area contributed by atoms with Crippen LogP contribution in [0.25, 0.3) is 11.4 Å². The minimum atomic E-state index is -0.702. The van der Waals surface area contributed by atoms with Gasteiger partial charge < -0.3 is 9.26 Å². The van der Waals surface area contributed by atoms with E-state index >= 15 is 0 Å². The molecule has 0 unspecified atom stereocenters. The summed E-state index contributed by atoms with van der Waals surface area (Å²) in [6.07, 6.45) is 2.74. The number of nitrogens with zero attached hydrogens (tertiary/aromatic N) is 6. The second-order valence-electron chi connectivity index (χ2n) is 6.67. The van der Waals surface area contributed by atoms with Gasteiger partial charge in [0.2, 0.25) is 5.82 Å². The van der Waals surface area contributed by atoms with E-state index in [-0.39, 0.29) is 12.5 Å². The normalized spacial score (nSPS) is 11.9. The van der Waals surface area contributed by atoms with Crippen molar-refractivity contribution >= 4 is 5.97 Å². The molecule has 4 aromatic rings. The summed E-state index contributed by atoms with van der Waals surface area (Å²) in [5.41, 5.74) is 3.03. The van der Waals surface area contributed by atoms with Crippen LogP contribution >= 0.6 is 0 Å². The van der Waals surface area contributed by atoms with Crippen molar-refractivity contribution in [1.82, 2.24) is 30.3 Å². The van der Waals surface area contributed by atoms with Gasteiger partial charge >= 0.3 is 5.97 Å². The SMILES string of the molecule is CCc1ccc(-c2noc(COC(=O)[C@H](Cc3ccccc3)n3cnnn3)n2)cc1. The van der Waals surface area contributed by atoms with Gasteiger partial charge in [0.25, 0.3) is 5.89 Å². The van der Waals surface area contributed by atoms with E-state index in [9.17, 15) is 4.79 Å². The summed E-state index contributed by atoms with van der Waals surface area (Å²) >= 11 is 0. The number of carbonyl (C=O) groups excluding carboxylic acids is 1. The Morgan fingerprint density at radius 2 is 1.90 bits per heavy atom. The summed E-state index contributed by atoms with van der Waals surface area (Å²) in [6.45, 7) is 1.96. The number of aromatic nitrogens is 6. The molecule has 1 atom stereocenters. The predicted molar refractivity (Wildman–Crippen MR) is 106 cm³/mol. The van der Waals surface area contributed by atoms with E-state index < -0.39 is 12.0 Å². The van der Waals surface area contributed by atoms with E-state index in [2.05, 4.69) is 32.6 Å². The number of rotatable bonds is 8. The van der Waals surface area contributed by atoms with Gasteiger partial charge in [-0.15, -0.1) is 5.10 Å². The zero-order valence-electron chi connectivity index (χ0n) is 16.4. The summed E-state index contributed by atoms with van der Waals surface area (Å²) in [4.78, 5) is 17.1. The standard InChI is InChI=1S/C21H20N6O3/c1-2-15-8-10-17(11-9-15)20-23-19(30-24-20)13-29-21(28)18(27-14-22-25-26-27)12-16-6-4-3-5-7-16/h3-11,14,18H,2,12-13H2,1H3/t18-/m0/s1. The Kier molecular flexibility index (Phi) is 5.88. The number of tetrazole rings is 1. The van der Waals surface area contributed by atoms with Gasteiger partial charge in [0.05, 0.1) is 0 Å². The van der Waals surface area contributed by atoms with Crippen LogP contribution in [0, 0.1) is 0 Å². The molecule has 2 aromatic carbocycles. The van der Waals surface area contributed by atoms with Crippen molar-refractivity contribution in [1.29, 1.82) is 0 Å². The zero-order valence-corrected chi connectivity index (χ0v) is 16.4.